The zero-order valence-electron chi connectivity index (χ0n) is 9.20. The third-order valence-electron chi connectivity index (χ3n) is 2.58. The molecule has 1 aromatic rings. The maximum absolute atomic E-state index is 11.8. The summed E-state index contributed by atoms with van der Waals surface area (Å²) in [6.45, 7) is 6.25. The normalized spacial score (nSPS) is 20.0. The van der Waals surface area contributed by atoms with Crippen LogP contribution in [-0.4, -0.2) is 11.2 Å². The van der Waals surface area contributed by atoms with Crippen LogP contribution in [0.1, 0.15) is 19.4 Å². The average Bonchev–Trinajstić information content (AvgIpc) is 2.16. The van der Waals surface area contributed by atoms with Gasteiger partial charge in [0.15, 0.2) is 0 Å². The Morgan fingerprint density at radius 1 is 1.40 bits per heavy atom. The van der Waals surface area contributed by atoms with Crippen LogP contribution in [0.5, 0.6) is 0 Å². The highest BCUT2D eigenvalue weighted by molar-refractivity contribution is 8.01. The van der Waals surface area contributed by atoms with E-state index in [1.165, 1.54) is 10.5 Å². The highest BCUT2D eigenvalue weighted by atomic mass is 32.2. The van der Waals surface area contributed by atoms with Gasteiger partial charge in [-0.05, 0) is 24.5 Å². The Balaban J connectivity index is 2.39. The van der Waals surface area contributed by atoms with E-state index in [2.05, 4.69) is 32.2 Å². The summed E-state index contributed by atoms with van der Waals surface area (Å²) in [7, 11) is 0. The third kappa shape index (κ3) is 1.88. The number of fused-ring (bicyclic) bond motifs is 1. The molecule has 1 amide bonds. The molecule has 1 heterocycles. The third-order valence-corrected chi connectivity index (χ3v) is 4.37. The molecule has 1 aliphatic rings. The van der Waals surface area contributed by atoms with Crippen LogP contribution in [0.4, 0.5) is 5.69 Å². The Morgan fingerprint density at radius 3 is 2.80 bits per heavy atom. The number of hydrogen-bond acceptors (Lipinski definition) is 2. The minimum absolute atomic E-state index is 0.0404. The monoisotopic (exact) mass is 221 g/mol. The molecule has 0 saturated carbocycles. The molecule has 80 valence electrons. The average molecular weight is 221 g/mol. The van der Waals surface area contributed by atoms with E-state index in [0.29, 0.717) is 5.92 Å². The van der Waals surface area contributed by atoms with Gasteiger partial charge in [0, 0.05) is 4.90 Å². The highest BCUT2D eigenvalue weighted by Gasteiger charge is 2.29. The number of thioether (sulfide) groups is 1. The van der Waals surface area contributed by atoms with E-state index in [1.807, 2.05) is 12.1 Å². The maximum atomic E-state index is 11.8. The second-order valence-electron chi connectivity index (χ2n) is 4.22. The molecule has 1 aliphatic heterocycles. The molecule has 2 rings (SSSR count). The van der Waals surface area contributed by atoms with Crippen LogP contribution >= 0.6 is 11.8 Å². The molecule has 0 aliphatic carbocycles. The van der Waals surface area contributed by atoms with Gasteiger partial charge in [0.2, 0.25) is 5.91 Å². The van der Waals surface area contributed by atoms with E-state index < -0.39 is 0 Å². The molecule has 1 aromatic carbocycles. The Labute approximate surface area is 94.4 Å². The summed E-state index contributed by atoms with van der Waals surface area (Å²) < 4.78 is 0. The lowest BCUT2D eigenvalue weighted by Crippen LogP contribution is -2.32. The molecule has 1 N–H and O–H groups in total. The van der Waals surface area contributed by atoms with Gasteiger partial charge in [-0.3, -0.25) is 4.79 Å². The van der Waals surface area contributed by atoms with Gasteiger partial charge in [-0.15, -0.1) is 11.8 Å². The minimum Gasteiger partial charge on any atom is -0.324 e. The van der Waals surface area contributed by atoms with Crippen molar-refractivity contribution in [3.05, 3.63) is 23.8 Å². The number of benzene rings is 1. The molecule has 0 saturated heterocycles. The van der Waals surface area contributed by atoms with Gasteiger partial charge in [0.25, 0.3) is 0 Å². The van der Waals surface area contributed by atoms with Gasteiger partial charge >= 0.3 is 0 Å². The topological polar surface area (TPSA) is 29.1 Å². The van der Waals surface area contributed by atoms with Crippen LogP contribution in [0.3, 0.4) is 0 Å². The summed E-state index contributed by atoms with van der Waals surface area (Å²) in [6.07, 6.45) is 0. The van der Waals surface area contributed by atoms with Crippen molar-refractivity contribution in [3.8, 4) is 0 Å². The fraction of sp³-hybridized carbons (Fsp3) is 0.417. The fourth-order valence-electron chi connectivity index (χ4n) is 1.73. The van der Waals surface area contributed by atoms with Crippen molar-refractivity contribution in [2.45, 2.75) is 30.9 Å². The SMILES string of the molecule is Cc1cccc2c1SC(C(C)C)C(=O)N2. The zero-order chi connectivity index (χ0) is 11.0. The van der Waals surface area contributed by atoms with Gasteiger partial charge in [-0.25, -0.2) is 0 Å². The van der Waals surface area contributed by atoms with Crippen molar-refractivity contribution < 1.29 is 4.79 Å². The zero-order valence-corrected chi connectivity index (χ0v) is 10.0. The van der Waals surface area contributed by atoms with Crippen molar-refractivity contribution in [2.24, 2.45) is 5.92 Å². The number of carbonyl (C=O) groups excluding carboxylic acids is 1. The predicted molar refractivity (Wildman–Crippen MR) is 64.3 cm³/mol. The maximum Gasteiger partial charge on any atom is 0.238 e. The van der Waals surface area contributed by atoms with Crippen molar-refractivity contribution in [3.63, 3.8) is 0 Å². The number of amides is 1. The van der Waals surface area contributed by atoms with Gasteiger partial charge in [0.1, 0.15) is 0 Å². The highest BCUT2D eigenvalue weighted by Crippen LogP contribution is 2.40. The summed E-state index contributed by atoms with van der Waals surface area (Å²) in [6, 6.07) is 6.02. The number of hydrogen-bond donors (Lipinski definition) is 1. The van der Waals surface area contributed by atoms with Crippen LogP contribution in [0.15, 0.2) is 23.1 Å². The molecular weight excluding hydrogens is 206 g/mol. The number of carbonyl (C=O) groups is 1. The number of nitrogens with one attached hydrogen (secondary N) is 1. The summed E-state index contributed by atoms with van der Waals surface area (Å²) >= 11 is 1.69. The number of aryl methyl sites for hydroxylation is 1. The minimum atomic E-state index is 0.0404. The molecule has 2 nitrogen and oxygen atoms in total. The Morgan fingerprint density at radius 2 is 2.13 bits per heavy atom. The predicted octanol–water partition coefficient (Wildman–Crippen LogP) is 3.06. The van der Waals surface area contributed by atoms with Crippen molar-refractivity contribution in [2.75, 3.05) is 5.32 Å². The molecular formula is C12H15NOS. The Hall–Kier alpha value is -0.960. The number of anilines is 1. The first-order valence-electron chi connectivity index (χ1n) is 5.16. The standard InChI is InChI=1S/C12H15NOS/c1-7(2)10-12(14)13-9-6-4-5-8(3)11(9)15-10/h4-7,10H,1-3H3,(H,13,14). The Bertz CT molecular complexity index is 401. The Kier molecular flexibility index (Phi) is 2.74. The van der Waals surface area contributed by atoms with E-state index >= 15 is 0 Å². The lowest BCUT2D eigenvalue weighted by atomic mass is 10.1. The van der Waals surface area contributed by atoms with E-state index in [0.717, 1.165) is 5.69 Å². The van der Waals surface area contributed by atoms with Crippen LogP contribution in [-0.2, 0) is 4.79 Å². The van der Waals surface area contributed by atoms with Crippen molar-refractivity contribution >= 4 is 23.4 Å². The van der Waals surface area contributed by atoms with E-state index in [-0.39, 0.29) is 11.2 Å². The van der Waals surface area contributed by atoms with Crippen molar-refractivity contribution in [1.82, 2.24) is 0 Å². The van der Waals surface area contributed by atoms with E-state index in [9.17, 15) is 4.79 Å². The summed E-state index contributed by atoms with van der Waals surface area (Å²) in [5.74, 6) is 0.496. The molecule has 0 aromatic heterocycles. The second-order valence-corrected chi connectivity index (χ2v) is 5.38. The first kappa shape index (κ1) is 10.6. The first-order chi connectivity index (χ1) is 7.09. The van der Waals surface area contributed by atoms with Crippen molar-refractivity contribution in [1.29, 1.82) is 0 Å². The quantitative estimate of drug-likeness (QED) is 0.789. The summed E-state index contributed by atoms with van der Waals surface area (Å²) in [5.41, 5.74) is 2.20. The molecule has 3 heteroatoms. The van der Waals surface area contributed by atoms with E-state index in [1.54, 1.807) is 11.8 Å². The molecule has 1 unspecified atom stereocenters. The molecule has 0 spiro atoms. The molecule has 0 radical (unpaired) electrons. The summed E-state index contributed by atoms with van der Waals surface area (Å²) in [5, 5.41) is 3.01. The van der Waals surface area contributed by atoms with Gasteiger partial charge < -0.3 is 5.32 Å². The molecule has 15 heavy (non-hydrogen) atoms. The second kappa shape index (κ2) is 3.89. The molecule has 0 fully saturated rings. The lowest BCUT2D eigenvalue weighted by Gasteiger charge is -2.27. The van der Waals surface area contributed by atoms with Gasteiger partial charge in [-0.2, -0.15) is 0 Å². The van der Waals surface area contributed by atoms with Gasteiger partial charge in [-0.1, -0.05) is 26.0 Å². The fourth-order valence-corrected chi connectivity index (χ4v) is 2.92. The lowest BCUT2D eigenvalue weighted by molar-refractivity contribution is -0.116. The number of rotatable bonds is 1. The van der Waals surface area contributed by atoms with E-state index in [4.69, 9.17) is 0 Å². The van der Waals surface area contributed by atoms with Crippen LogP contribution < -0.4 is 5.32 Å². The molecule has 0 bridgehead atoms. The smallest absolute Gasteiger partial charge is 0.238 e. The largest absolute Gasteiger partial charge is 0.324 e. The molecule has 1 atom stereocenters. The van der Waals surface area contributed by atoms with Crippen LogP contribution in [0.25, 0.3) is 0 Å². The van der Waals surface area contributed by atoms with Crippen LogP contribution in [0, 0.1) is 12.8 Å². The summed E-state index contributed by atoms with van der Waals surface area (Å²) in [4.78, 5) is 13.0. The van der Waals surface area contributed by atoms with Crippen LogP contribution in [0.2, 0.25) is 0 Å². The first-order valence-corrected chi connectivity index (χ1v) is 6.04. The van der Waals surface area contributed by atoms with Gasteiger partial charge in [0.05, 0.1) is 10.9 Å².